The highest BCUT2D eigenvalue weighted by molar-refractivity contribution is 5.88. The molecule has 0 unspecified atom stereocenters. The molecular formula is C14H14N4O. The summed E-state index contributed by atoms with van der Waals surface area (Å²) in [6.45, 7) is 1.47. The van der Waals surface area contributed by atoms with Gasteiger partial charge in [-0.2, -0.15) is 10.2 Å². The molecule has 0 bridgehead atoms. The second kappa shape index (κ2) is 5.77. The summed E-state index contributed by atoms with van der Waals surface area (Å²) in [6.07, 6.45) is 0. The van der Waals surface area contributed by atoms with Gasteiger partial charge in [-0.15, -0.1) is 0 Å². The van der Waals surface area contributed by atoms with Crippen LogP contribution < -0.4 is 11.1 Å². The summed E-state index contributed by atoms with van der Waals surface area (Å²) < 4.78 is 0. The number of carbonyl (C=O) groups is 1. The summed E-state index contributed by atoms with van der Waals surface area (Å²) >= 11 is 0. The minimum atomic E-state index is -0.101. The van der Waals surface area contributed by atoms with Crippen LogP contribution in [0.5, 0.6) is 0 Å². The van der Waals surface area contributed by atoms with E-state index in [-0.39, 0.29) is 5.91 Å². The molecule has 96 valence electrons. The Morgan fingerprint density at radius 3 is 1.89 bits per heavy atom. The Morgan fingerprint density at radius 2 is 1.42 bits per heavy atom. The van der Waals surface area contributed by atoms with E-state index in [0.717, 1.165) is 11.4 Å². The van der Waals surface area contributed by atoms with Gasteiger partial charge in [0.05, 0.1) is 11.4 Å². The minimum absolute atomic E-state index is 0.101. The van der Waals surface area contributed by atoms with Crippen molar-refractivity contribution in [2.24, 2.45) is 10.2 Å². The van der Waals surface area contributed by atoms with Crippen LogP contribution >= 0.6 is 0 Å². The van der Waals surface area contributed by atoms with Crippen LogP contribution in [0.15, 0.2) is 58.8 Å². The highest BCUT2D eigenvalue weighted by Gasteiger charge is 1.95. The monoisotopic (exact) mass is 254 g/mol. The maximum absolute atomic E-state index is 10.9. The topological polar surface area (TPSA) is 79.8 Å². The molecule has 2 aromatic carbocycles. The number of benzene rings is 2. The quantitative estimate of drug-likeness (QED) is 0.647. The van der Waals surface area contributed by atoms with Crippen LogP contribution in [0.25, 0.3) is 0 Å². The van der Waals surface area contributed by atoms with Crippen LogP contribution in [0.1, 0.15) is 6.92 Å². The SMILES string of the molecule is CC(=O)Nc1ccc(N=Nc2ccc(N)cc2)cc1. The molecule has 0 spiro atoms. The molecule has 5 nitrogen and oxygen atoms in total. The Kier molecular flexibility index (Phi) is 3.87. The molecule has 0 heterocycles. The summed E-state index contributed by atoms with van der Waals surface area (Å²) in [5.74, 6) is -0.101. The van der Waals surface area contributed by atoms with Crippen molar-refractivity contribution in [1.82, 2.24) is 0 Å². The number of hydrogen-bond donors (Lipinski definition) is 2. The molecule has 0 fully saturated rings. The fourth-order valence-corrected chi connectivity index (χ4v) is 1.47. The van der Waals surface area contributed by atoms with E-state index in [1.54, 1.807) is 48.5 Å². The lowest BCUT2D eigenvalue weighted by Crippen LogP contribution is -2.04. The molecule has 0 aromatic heterocycles. The van der Waals surface area contributed by atoms with E-state index in [0.29, 0.717) is 11.4 Å². The Labute approximate surface area is 111 Å². The lowest BCUT2D eigenvalue weighted by Gasteiger charge is -2.01. The molecule has 0 saturated heterocycles. The number of nitrogens with two attached hydrogens (primary N) is 1. The lowest BCUT2D eigenvalue weighted by atomic mass is 10.3. The molecule has 5 heteroatoms. The van der Waals surface area contributed by atoms with Crippen LogP contribution in [0.3, 0.4) is 0 Å². The molecule has 2 aromatic rings. The second-order valence-corrected chi connectivity index (χ2v) is 4.02. The fraction of sp³-hybridized carbons (Fsp3) is 0.0714. The van der Waals surface area contributed by atoms with Crippen molar-refractivity contribution < 1.29 is 4.79 Å². The first-order valence-electron chi connectivity index (χ1n) is 5.78. The summed E-state index contributed by atoms with van der Waals surface area (Å²) in [5.41, 5.74) is 8.46. The Hall–Kier alpha value is -2.69. The van der Waals surface area contributed by atoms with Crippen molar-refractivity contribution in [3.8, 4) is 0 Å². The van der Waals surface area contributed by atoms with E-state index in [1.807, 2.05) is 0 Å². The van der Waals surface area contributed by atoms with Gasteiger partial charge in [0.1, 0.15) is 0 Å². The zero-order valence-electron chi connectivity index (χ0n) is 10.5. The molecule has 0 aliphatic heterocycles. The largest absolute Gasteiger partial charge is 0.399 e. The summed E-state index contributed by atoms with van der Waals surface area (Å²) in [6, 6.07) is 14.3. The maximum Gasteiger partial charge on any atom is 0.221 e. The third-order valence-corrected chi connectivity index (χ3v) is 2.36. The van der Waals surface area contributed by atoms with E-state index in [2.05, 4.69) is 15.5 Å². The van der Waals surface area contributed by atoms with E-state index >= 15 is 0 Å². The number of rotatable bonds is 3. The number of nitrogens with zero attached hydrogens (tertiary/aromatic N) is 2. The molecule has 0 saturated carbocycles. The van der Waals surface area contributed by atoms with E-state index in [4.69, 9.17) is 5.73 Å². The van der Waals surface area contributed by atoms with Gasteiger partial charge in [0, 0.05) is 18.3 Å². The molecular weight excluding hydrogens is 240 g/mol. The first-order chi connectivity index (χ1) is 9.13. The van der Waals surface area contributed by atoms with Crippen LogP contribution in [0.2, 0.25) is 0 Å². The van der Waals surface area contributed by atoms with E-state index in [1.165, 1.54) is 6.92 Å². The summed E-state index contributed by atoms with van der Waals surface area (Å²) in [5, 5.41) is 10.9. The first-order valence-corrected chi connectivity index (χ1v) is 5.78. The highest BCUT2D eigenvalue weighted by Crippen LogP contribution is 2.20. The number of hydrogen-bond acceptors (Lipinski definition) is 4. The fourth-order valence-electron chi connectivity index (χ4n) is 1.47. The number of nitrogens with one attached hydrogen (secondary N) is 1. The molecule has 3 N–H and O–H groups in total. The van der Waals surface area contributed by atoms with Gasteiger partial charge >= 0.3 is 0 Å². The molecule has 19 heavy (non-hydrogen) atoms. The zero-order chi connectivity index (χ0) is 13.7. The van der Waals surface area contributed by atoms with Crippen LogP contribution in [-0.2, 0) is 4.79 Å². The Bertz CT molecular complexity index is 588. The van der Waals surface area contributed by atoms with Gasteiger partial charge in [0.25, 0.3) is 0 Å². The van der Waals surface area contributed by atoms with Crippen LogP contribution in [0, 0.1) is 0 Å². The smallest absolute Gasteiger partial charge is 0.221 e. The van der Waals surface area contributed by atoms with Gasteiger partial charge in [-0.3, -0.25) is 4.79 Å². The summed E-state index contributed by atoms with van der Waals surface area (Å²) in [7, 11) is 0. The number of nitrogen functional groups attached to an aromatic ring is 1. The second-order valence-electron chi connectivity index (χ2n) is 4.02. The van der Waals surface area contributed by atoms with Crippen molar-refractivity contribution >= 4 is 28.7 Å². The van der Waals surface area contributed by atoms with E-state index < -0.39 is 0 Å². The van der Waals surface area contributed by atoms with Gasteiger partial charge in [0.15, 0.2) is 0 Å². The van der Waals surface area contributed by atoms with Crippen molar-refractivity contribution in [2.75, 3.05) is 11.1 Å². The first kappa shape index (κ1) is 12.8. The number of carbonyl (C=O) groups excluding carboxylic acids is 1. The van der Waals surface area contributed by atoms with Gasteiger partial charge < -0.3 is 11.1 Å². The number of azo groups is 1. The number of amides is 1. The average Bonchev–Trinajstić information content (AvgIpc) is 2.39. The zero-order valence-corrected chi connectivity index (χ0v) is 10.5. The normalized spacial score (nSPS) is 10.6. The maximum atomic E-state index is 10.9. The predicted molar refractivity (Wildman–Crippen MR) is 75.8 cm³/mol. The molecule has 1 amide bonds. The predicted octanol–water partition coefficient (Wildman–Crippen LogP) is 3.64. The van der Waals surface area contributed by atoms with Gasteiger partial charge in [-0.25, -0.2) is 0 Å². The molecule has 0 radical (unpaired) electrons. The van der Waals surface area contributed by atoms with Crippen LogP contribution in [0.4, 0.5) is 22.7 Å². The average molecular weight is 254 g/mol. The molecule has 0 aliphatic rings. The minimum Gasteiger partial charge on any atom is -0.399 e. The van der Waals surface area contributed by atoms with Gasteiger partial charge in [-0.1, -0.05) is 0 Å². The molecule has 2 rings (SSSR count). The van der Waals surface area contributed by atoms with Crippen molar-refractivity contribution in [3.63, 3.8) is 0 Å². The lowest BCUT2D eigenvalue weighted by molar-refractivity contribution is -0.114. The van der Waals surface area contributed by atoms with E-state index in [9.17, 15) is 4.79 Å². The van der Waals surface area contributed by atoms with Crippen LogP contribution in [-0.4, -0.2) is 5.91 Å². The van der Waals surface area contributed by atoms with Gasteiger partial charge in [-0.05, 0) is 48.5 Å². The molecule has 0 aliphatic carbocycles. The Morgan fingerprint density at radius 1 is 0.947 bits per heavy atom. The standard InChI is InChI=1S/C14H14N4O/c1-10(19)16-12-6-8-14(9-7-12)18-17-13-4-2-11(15)3-5-13/h2-9H,15H2,1H3,(H,16,19). The summed E-state index contributed by atoms with van der Waals surface area (Å²) in [4.78, 5) is 10.9. The number of anilines is 2. The molecule has 0 atom stereocenters. The van der Waals surface area contributed by atoms with Crippen molar-refractivity contribution in [2.45, 2.75) is 6.92 Å². The third-order valence-electron chi connectivity index (χ3n) is 2.36. The highest BCUT2D eigenvalue weighted by atomic mass is 16.1. The van der Waals surface area contributed by atoms with Crippen molar-refractivity contribution in [1.29, 1.82) is 0 Å². The Balaban J connectivity index is 2.06. The van der Waals surface area contributed by atoms with Crippen molar-refractivity contribution in [3.05, 3.63) is 48.5 Å². The third kappa shape index (κ3) is 3.92. The van der Waals surface area contributed by atoms with Gasteiger partial charge in [0.2, 0.25) is 5.91 Å².